The Bertz CT molecular complexity index is 761. The van der Waals surface area contributed by atoms with Gasteiger partial charge in [0.15, 0.2) is 5.82 Å². The van der Waals surface area contributed by atoms with E-state index >= 15 is 0 Å². The predicted molar refractivity (Wildman–Crippen MR) is 75.4 cm³/mol. The second kappa shape index (κ2) is 4.26. The number of anilines is 2. The first-order valence-electron chi connectivity index (χ1n) is 5.57. The highest BCUT2D eigenvalue weighted by Crippen LogP contribution is 2.29. The van der Waals surface area contributed by atoms with Gasteiger partial charge in [-0.1, -0.05) is 23.5 Å². The number of nitrogens with one attached hydrogen (secondary N) is 1. The van der Waals surface area contributed by atoms with Gasteiger partial charge < -0.3 is 11.1 Å². The molecule has 2 aromatic heterocycles. The molecule has 0 spiro atoms. The van der Waals surface area contributed by atoms with Crippen LogP contribution in [0.2, 0.25) is 0 Å². The minimum atomic E-state index is 0.297. The average Bonchev–Trinajstić information content (AvgIpc) is 2.98. The Labute approximate surface area is 113 Å². The molecule has 3 rings (SSSR count). The van der Waals surface area contributed by atoms with Gasteiger partial charge in [0.25, 0.3) is 0 Å². The Hall–Kier alpha value is -2.59. The lowest BCUT2D eigenvalue weighted by atomic mass is 10.3. The molecule has 0 fully saturated rings. The smallest absolute Gasteiger partial charge is 0.213 e. The first-order chi connectivity index (χ1) is 9.24. The molecule has 94 valence electrons. The van der Waals surface area contributed by atoms with Gasteiger partial charge in [-0.2, -0.15) is 9.94 Å². The van der Waals surface area contributed by atoms with E-state index in [1.54, 1.807) is 7.05 Å². The fourth-order valence-corrected chi connectivity index (χ4v) is 2.74. The van der Waals surface area contributed by atoms with Gasteiger partial charge in [-0.3, -0.25) is 0 Å². The van der Waals surface area contributed by atoms with Gasteiger partial charge in [0.1, 0.15) is 17.5 Å². The van der Waals surface area contributed by atoms with E-state index in [1.165, 1.54) is 16.0 Å². The number of benzene rings is 1. The molecule has 2 heterocycles. The van der Waals surface area contributed by atoms with Crippen LogP contribution in [0.25, 0.3) is 15.3 Å². The van der Waals surface area contributed by atoms with Crippen LogP contribution in [0.4, 0.5) is 11.6 Å². The van der Waals surface area contributed by atoms with Crippen molar-refractivity contribution in [2.75, 3.05) is 18.1 Å². The number of hydrogen-bond acceptors (Lipinski definition) is 6. The van der Waals surface area contributed by atoms with Crippen LogP contribution >= 0.6 is 11.3 Å². The van der Waals surface area contributed by atoms with Crippen LogP contribution in [-0.2, 0) is 0 Å². The molecule has 6 nitrogen and oxygen atoms in total. The van der Waals surface area contributed by atoms with E-state index in [0.717, 1.165) is 10.2 Å². The Kier molecular flexibility index (Phi) is 2.58. The Morgan fingerprint density at radius 2 is 2.21 bits per heavy atom. The van der Waals surface area contributed by atoms with Crippen LogP contribution in [-0.4, -0.2) is 21.8 Å². The van der Waals surface area contributed by atoms with Crippen LogP contribution in [0.5, 0.6) is 0 Å². The van der Waals surface area contributed by atoms with Gasteiger partial charge in [0.05, 0.1) is 10.2 Å². The molecule has 3 aromatic rings. The van der Waals surface area contributed by atoms with E-state index in [-0.39, 0.29) is 0 Å². The van der Waals surface area contributed by atoms with Gasteiger partial charge in [-0.15, -0.1) is 5.10 Å². The minimum Gasteiger partial charge on any atom is -0.382 e. The number of nitrogens with zero attached hydrogens (tertiary/aromatic N) is 4. The zero-order valence-electron chi connectivity index (χ0n) is 10.1. The third-order valence-corrected chi connectivity index (χ3v) is 3.75. The molecule has 0 radical (unpaired) electrons. The molecule has 0 aliphatic heterocycles. The third-order valence-electron chi connectivity index (χ3n) is 2.73. The van der Waals surface area contributed by atoms with E-state index in [2.05, 4.69) is 15.4 Å². The zero-order chi connectivity index (χ0) is 13.4. The van der Waals surface area contributed by atoms with Crippen molar-refractivity contribution >= 4 is 33.2 Å². The average molecular weight is 270 g/mol. The Morgan fingerprint density at radius 1 is 1.42 bits per heavy atom. The number of hydrogen-bond donors (Lipinski definition) is 2. The van der Waals surface area contributed by atoms with E-state index in [4.69, 9.17) is 11.0 Å². The summed E-state index contributed by atoms with van der Waals surface area (Å²) in [4.78, 5) is 4.47. The van der Waals surface area contributed by atoms with Gasteiger partial charge >= 0.3 is 0 Å². The van der Waals surface area contributed by atoms with Crippen LogP contribution in [0.15, 0.2) is 24.3 Å². The predicted octanol–water partition coefficient (Wildman–Crippen LogP) is 1.98. The number of rotatable bonds is 2. The number of nitriles is 1. The number of nitrogen functional groups attached to an aromatic ring is 1. The summed E-state index contributed by atoms with van der Waals surface area (Å²) in [6.45, 7) is 0. The Balaban J connectivity index is 2.22. The molecular formula is C12H10N6S. The first-order valence-corrected chi connectivity index (χ1v) is 6.38. The van der Waals surface area contributed by atoms with Gasteiger partial charge in [0, 0.05) is 7.05 Å². The summed E-state index contributed by atoms with van der Waals surface area (Å²) in [6.07, 6.45) is 0. The molecule has 0 atom stereocenters. The van der Waals surface area contributed by atoms with Gasteiger partial charge in [-0.25, -0.2) is 4.98 Å². The lowest BCUT2D eigenvalue weighted by Crippen LogP contribution is -2.01. The maximum Gasteiger partial charge on any atom is 0.213 e. The summed E-state index contributed by atoms with van der Waals surface area (Å²) in [5.41, 5.74) is 7.17. The minimum absolute atomic E-state index is 0.297. The lowest BCUT2D eigenvalue weighted by molar-refractivity contribution is 0.886. The van der Waals surface area contributed by atoms with E-state index in [9.17, 15) is 0 Å². The summed E-state index contributed by atoms with van der Waals surface area (Å²) in [6, 6.07) is 9.84. The molecule has 0 amide bonds. The lowest BCUT2D eigenvalue weighted by Gasteiger charge is -1.96. The maximum atomic E-state index is 9.09. The molecule has 0 aliphatic carbocycles. The number of aromatic nitrogens is 3. The molecule has 3 N–H and O–H groups in total. The van der Waals surface area contributed by atoms with Crippen LogP contribution < -0.4 is 11.1 Å². The number of fused-ring (bicyclic) bond motifs is 1. The summed E-state index contributed by atoms with van der Waals surface area (Å²) < 4.78 is 2.55. The van der Waals surface area contributed by atoms with Gasteiger partial charge in [0.2, 0.25) is 5.13 Å². The molecule has 0 bridgehead atoms. The molecule has 0 aliphatic rings. The normalized spacial score (nSPS) is 10.5. The maximum absolute atomic E-state index is 9.09. The summed E-state index contributed by atoms with van der Waals surface area (Å²) >= 11 is 1.48. The van der Waals surface area contributed by atoms with Gasteiger partial charge in [-0.05, 0) is 12.1 Å². The van der Waals surface area contributed by atoms with Crippen molar-refractivity contribution in [2.24, 2.45) is 0 Å². The SMILES string of the molecule is CNc1nn(-c2nc3ccccc3s2)c(N)c1C#N. The zero-order valence-corrected chi connectivity index (χ0v) is 10.9. The Morgan fingerprint density at radius 3 is 2.84 bits per heavy atom. The molecule has 0 saturated carbocycles. The van der Waals surface area contributed by atoms with Crippen molar-refractivity contribution < 1.29 is 0 Å². The molecule has 19 heavy (non-hydrogen) atoms. The van der Waals surface area contributed by atoms with Crippen LogP contribution in [0.1, 0.15) is 5.56 Å². The highest BCUT2D eigenvalue weighted by molar-refractivity contribution is 7.20. The standard InChI is InChI=1S/C12H10N6S/c1-15-11-7(6-13)10(14)18(17-11)12-16-8-4-2-3-5-9(8)19-12/h2-5H,14H2,1H3,(H,15,17). The number of thiazole rings is 1. The van der Waals surface area contributed by atoms with Crippen molar-refractivity contribution in [1.82, 2.24) is 14.8 Å². The van der Waals surface area contributed by atoms with E-state index in [0.29, 0.717) is 22.3 Å². The molecule has 0 saturated heterocycles. The summed E-state index contributed by atoms with van der Waals surface area (Å²) in [5.74, 6) is 0.755. The van der Waals surface area contributed by atoms with Crippen molar-refractivity contribution in [2.45, 2.75) is 0 Å². The molecular weight excluding hydrogens is 260 g/mol. The van der Waals surface area contributed by atoms with E-state index < -0.39 is 0 Å². The number of para-hydroxylation sites is 1. The molecule has 1 aromatic carbocycles. The van der Waals surface area contributed by atoms with Crippen molar-refractivity contribution in [1.29, 1.82) is 5.26 Å². The van der Waals surface area contributed by atoms with Crippen molar-refractivity contribution in [3.8, 4) is 11.2 Å². The second-order valence-corrected chi connectivity index (χ2v) is 4.86. The molecule has 7 heteroatoms. The fraction of sp³-hybridized carbons (Fsp3) is 0.0833. The van der Waals surface area contributed by atoms with E-state index in [1.807, 2.05) is 30.3 Å². The first kappa shape index (κ1) is 11.5. The van der Waals surface area contributed by atoms with Crippen molar-refractivity contribution in [3.63, 3.8) is 0 Å². The molecule has 0 unspecified atom stereocenters. The highest BCUT2D eigenvalue weighted by atomic mass is 32.1. The second-order valence-electron chi connectivity index (χ2n) is 3.85. The fourth-order valence-electron chi connectivity index (χ4n) is 1.81. The summed E-state index contributed by atoms with van der Waals surface area (Å²) in [5, 5.41) is 16.9. The third kappa shape index (κ3) is 1.70. The topological polar surface area (TPSA) is 92.6 Å². The monoisotopic (exact) mass is 270 g/mol. The van der Waals surface area contributed by atoms with Crippen LogP contribution in [0, 0.1) is 11.3 Å². The summed E-state index contributed by atoms with van der Waals surface area (Å²) in [7, 11) is 1.70. The quantitative estimate of drug-likeness (QED) is 0.742. The number of nitrogens with two attached hydrogens (primary N) is 1. The largest absolute Gasteiger partial charge is 0.382 e. The highest BCUT2D eigenvalue weighted by Gasteiger charge is 2.17. The van der Waals surface area contributed by atoms with Crippen LogP contribution in [0.3, 0.4) is 0 Å². The van der Waals surface area contributed by atoms with Crippen molar-refractivity contribution in [3.05, 3.63) is 29.8 Å².